The molecule has 1 saturated heterocycles. The number of rotatable bonds is 4. The number of nitro groups is 1. The first kappa shape index (κ1) is 19.3. The van der Waals surface area contributed by atoms with Crippen LogP contribution in [0, 0.1) is 10.1 Å². The van der Waals surface area contributed by atoms with Gasteiger partial charge in [0, 0.05) is 12.1 Å². The van der Waals surface area contributed by atoms with Gasteiger partial charge in [0.25, 0.3) is 11.6 Å². The van der Waals surface area contributed by atoms with E-state index in [-0.39, 0.29) is 17.8 Å². The smallest absolute Gasteiger partial charge is 0.319 e. The van der Waals surface area contributed by atoms with Crippen LogP contribution in [-0.2, 0) is 23.1 Å². The van der Waals surface area contributed by atoms with Crippen molar-refractivity contribution < 1.29 is 27.7 Å². The summed E-state index contributed by atoms with van der Waals surface area (Å²) in [7, 11) is 0. The van der Waals surface area contributed by atoms with Crippen LogP contribution in [0.4, 0.5) is 23.7 Å². The summed E-state index contributed by atoms with van der Waals surface area (Å²) in [6, 6.07) is 8.78. The van der Waals surface area contributed by atoms with E-state index in [0.717, 1.165) is 23.1 Å². The average molecular weight is 393 g/mol. The minimum atomic E-state index is -4.60. The fraction of sp³-hybridized carbons (Fsp3) is 0.222. The van der Waals surface area contributed by atoms with Crippen LogP contribution in [0.5, 0.6) is 0 Å². The molecule has 1 N–H and O–H groups in total. The van der Waals surface area contributed by atoms with Crippen LogP contribution in [0.1, 0.15) is 23.6 Å². The number of alkyl halides is 3. The van der Waals surface area contributed by atoms with Crippen LogP contribution in [0.3, 0.4) is 0 Å². The van der Waals surface area contributed by atoms with Gasteiger partial charge in [-0.15, -0.1) is 0 Å². The van der Waals surface area contributed by atoms with Crippen molar-refractivity contribution in [3.05, 3.63) is 75.3 Å². The van der Waals surface area contributed by atoms with Gasteiger partial charge in [0.15, 0.2) is 0 Å². The predicted molar refractivity (Wildman–Crippen MR) is 91.0 cm³/mol. The lowest BCUT2D eigenvalue weighted by Crippen LogP contribution is -2.41. The number of benzene rings is 2. The highest BCUT2D eigenvalue weighted by Gasteiger charge is 2.49. The van der Waals surface area contributed by atoms with Crippen molar-refractivity contribution in [1.82, 2.24) is 10.2 Å². The van der Waals surface area contributed by atoms with Crippen molar-refractivity contribution in [2.45, 2.75) is 25.2 Å². The number of carbonyl (C=O) groups is 2. The van der Waals surface area contributed by atoms with Gasteiger partial charge in [-0.3, -0.25) is 19.8 Å². The van der Waals surface area contributed by atoms with Crippen LogP contribution in [0.15, 0.2) is 48.5 Å². The van der Waals surface area contributed by atoms with Gasteiger partial charge in [-0.1, -0.05) is 24.3 Å². The Bertz CT molecular complexity index is 977. The van der Waals surface area contributed by atoms with Crippen molar-refractivity contribution in [1.29, 1.82) is 0 Å². The number of urea groups is 1. The minimum Gasteiger partial charge on any atom is -0.319 e. The summed E-state index contributed by atoms with van der Waals surface area (Å²) < 4.78 is 38.9. The molecule has 0 spiro atoms. The molecule has 1 aliphatic rings. The highest BCUT2D eigenvalue weighted by Crippen LogP contribution is 2.35. The molecule has 7 nitrogen and oxygen atoms in total. The van der Waals surface area contributed by atoms with Gasteiger partial charge in [-0.25, -0.2) is 4.79 Å². The molecule has 146 valence electrons. The predicted octanol–water partition coefficient (Wildman–Crippen LogP) is 3.58. The van der Waals surface area contributed by atoms with Crippen molar-refractivity contribution in [2.75, 3.05) is 0 Å². The third-order valence-corrected chi connectivity index (χ3v) is 4.50. The Balaban J connectivity index is 1.91. The Morgan fingerprint density at radius 2 is 1.82 bits per heavy atom. The molecule has 0 aliphatic carbocycles. The summed E-state index contributed by atoms with van der Waals surface area (Å²) in [4.78, 5) is 36.2. The van der Waals surface area contributed by atoms with Gasteiger partial charge >= 0.3 is 12.2 Å². The van der Waals surface area contributed by atoms with Gasteiger partial charge in [-0.2, -0.15) is 13.2 Å². The number of carbonyl (C=O) groups excluding carboxylic acids is 2. The molecular formula is C18H14F3N3O4. The topological polar surface area (TPSA) is 92.6 Å². The third-order valence-electron chi connectivity index (χ3n) is 4.50. The molecule has 10 heteroatoms. The van der Waals surface area contributed by atoms with Crippen LogP contribution < -0.4 is 5.32 Å². The van der Waals surface area contributed by atoms with Gasteiger partial charge in [0.05, 0.1) is 17.0 Å². The number of non-ortho nitro benzene ring substituents is 1. The normalized spacial score (nSPS) is 19.6. The molecule has 0 aromatic heterocycles. The van der Waals surface area contributed by atoms with Crippen molar-refractivity contribution in [2.24, 2.45) is 0 Å². The number of hydrogen-bond acceptors (Lipinski definition) is 4. The average Bonchev–Trinajstić information content (AvgIpc) is 2.85. The summed E-state index contributed by atoms with van der Waals surface area (Å²) in [5.74, 6) is -0.747. The highest BCUT2D eigenvalue weighted by atomic mass is 19.4. The number of halogens is 3. The van der Waals surface area contributed by atoms with Gasteiger partial charge in [0.2, 0.25) is 0 Å². The highest BCUT2D eigenvalue weighted by molar-refractivity contribution is 6.07. The molecule has 3 amide bonds. The van der Waals surface area contributed by atoms with E-state index in [2.05, 4.69) is 5.32 Å². The molecule has 2 aromatic rings. The van der Waals surface area contributed by atoms with E-state index in [9.17, 15) is 32.9 Å². The van der Waals surface area contributed by atoms with Crippen molar-refractivity contribution in [3.63, 3.8) is 0 Å². The lowest BCUT2D eigenvalue weighted by molar-refractivity contribution is -0.384. The number of hydrogen-bond donors (Lipinski definition) is 1. The van der Waals surface area contributed by atoms with Gasteiger partial charge in [0.1, 0.15) is 5.54 Å². The van der Waals surface area contributed by atoms with Gasteiger partial charge in [-0.05, 0) is 30.2 Å². The van der Waals surface area contributed by atoms with Crippen LogP contribution in [0.25, 0.3) is 0 Å². The van der Waals surface area contributed by atoms with E-state index in [1.165, 1.54) is 37.3 Å². The maximum absolute atomic E-state index is 13.0. The van der Waals surface area contributed by atoms with Crippen molar-refractivity contribution >= 4 is 17.6 Å². The molecule has 0 saturated carbocycles. The molecule has 0 bridgehead atoms. The Labute approximate surface area is 156 Å². The summed E-state index contributed by atoms with van der Waals surface area (Å²) in [6.45, 7) is 1.07. The maximum Gasteiger partial charge on any atom is 0.416 e. The molecule has 0 unspecified atom stereocenters. The second-order valence-electron chi connectivity index (χ2n) is 6.45. The fourth-order valence-electron chi connectivity index (χ4n) is 2.99. The molecule has 3 rings (SSSR count). The summed E-state index contributed by atoms with van der Waals surface area (Å²) >= 11 is 0. The number of nitro benzene ring substituents is 1. The zero-order chi connectivity index (χ0) is 20.7. The SMILES string of the molecule is C[C@@]1(c2cccc(C(F)(F)F)c2)NC(=O)N(Cc2cccc([N+](=O)[O-])c2)C1=O. The standard InChI is InChI=1S/C18H14F3N3O4/c1-17(12-5-3-6-13(9-12)18(19,20)21)15(25)23(16(26)22-17)10-11-4-2-7-14(8-11)24(27)28/h2-9H,10H2,1H3,(H,22,26)/t17-/m0/s1. The van der Waals surface area contributed by atoms with Crippen LogP contribution in [-0.4, -0.2) is 21.8 Å². The van der Waals surface area contributed by atoms with E-state index < -0.39 is 34.1 Å². The minimum absolute atomic E-state index is 0.0118. The lowest BCUT2D eigenvalue weighted by atomic mass is 9.90. The Morgan fingerprint density at radius 1 is 1.14 bits per heavy atom. The quantitative estimate of drug-likeness (QED) is 0.488. The van der Waals surface area contributed by atoms with E-state index in [0.29, 0.717) is 5.56 Å². The first-order valence-electron chi connectivity index (χ1n) is 8.07. The molecule has 1 heterocycles. The van der Waals surface area contributed by atoms with Crippen LogP contribution in [0.2, 0.25) is 0 Å². The monoisotopic (exact) mass is 393 g/mol. The Morgan fingerprint density at radius 3 is 2.46 bits per heavy atom. The fourth-order valence-corrected chi connectivity index (χ4v) is 2.99. The number of amides is 3. The molecule has 1 aliphatic heterocycles. The third kappa shape index (κ3) is 3.40. The lowest BCUT2D eigenvalue weighted by Gasteiger charge is -2.23. The molecule has 28 heavy (non-hydrogen) atoms. The molecule has 1 fully saturated rings. The first-order chi connectivity index (χ1) is 13.0. The molecule has 0 radical (unpaired) electrons. The first-order valence-corrected chi connectivity index (χ1v) is 8.07. The van der Waals surface area contributed by atoms with E-state index in [1.54, 1.807) is 0 Å². The number of nitrogens with one attached hydrogen (secondary N) is 1. The van der Waals surface area contributed by atoms with E-state index in [1.807, 2.05) is 0 Å². The number of nitrogens with zero attached hydrogens (tertiary/aromatic N) is 2. The van der Waals surface area contributed by atoms with Crippen molar-refractivity contribution in [3.8, 4) is 0 Å². The van der Waals surface area contributed by atoms with Crippen LogP contribution >= 0.6 is 0 Å². The Kier molecular flexibility index (Phi) is 4.58. The molecule has 2 aromatic carbocycles. The van der Waals surface area contributed by atoms with E-state index in [4.69, 9.17) is 0 Å². The summed E-state index contributed by atoms with van der Waals surface area (Å²) in [5.41, 5.74) is -2.50. The largest absolute Gasteiger partial charge is 0.416 e. The number of imide groups is 1. The van der Waals surface area contributed by atoms with Gasteiger partial charge < -0.3 is 5.32 Å². The second kappa shape index (κ2) is 6.63. The zero-order valence-corrected chi connectivity index (χ0v) is 14.5. The Hall–Kier alpha value is -3.43. The van der Waals surface area contributed by atoms with E-state index >= 15 is 0 Å². The molecular weight excluding hydrogens is 379 g/mol. The molecule has 1 atom stereocenters. The maximum atomic E-state index is 13.0. The second-order valence-corrected chi connectivity index (χ2v) is 6.45. The zero-order valence-electron chi connectivity index (χ0n) is 14.5. The summed E-state index contributed by atoms with van der Waals surface area (Å²) in [5, 5.41) is 13.3. The summed E-state index contributed by atoms with van der Waals surface area (Å²) in [6.07, 6.45) is -4.60.